The quantitative estimate of drug-likeness (QED) is 0.389. The van der Waals surface area contributed by atoms with Crippen LogP contribution in [-0.2, 0) is 6.54 Å². The summed E-state index contributed by atoms with van der Waals surface area (Å²) in [5.41, 5.74) is 2.69. The molecule has 0 fully saturated rings. The number of hydrogen-bond acceptors (Lipinski definition) is 0. The Morgan fingerprint density at radius 1 is 1.29 bits per heavy atom. The molecule has 1 heteroatoms. The molecule has 14 heavy (non-hydrogen) atoms. The van der Waals surface area contributed by atoms with Crippen molar-refractivity contribution in [3.63, 3.8) is 0 Å². The lowest BCUT2D eigenvalue weighted by molar-refractivity contribution is -0.533. The number of nitrogens with zero attached hydrogens (tertiary/aromatic N) is 1. The zero-order chi connectivity index (χ0) is 10.4. The molecule has 1 rings (SSSR count). The maximum atomic E-state index is 2.30. The molecule has 0 aliphatic rings. The van der Waals surface area contributed by atoms with E-state index in [-0.39, 0.29) is 0 Å². The summed E-state index contributed by atoms with van der Waals surface area (Å²) in [5.74, 6) is 0. The summed E-state index contributed by atoms with van der Waals surface area (Å²) in [6.07, 6.45) is 4.31. The normalized spacial score (nSPS) is 11.5. The van der Waals surface area contributed by atoms with Crippen LogP contribution in [0.2, 0.25) is 0 Å². The molecule has 0 radical (unpaired) electrons. The van der Waals surface area contributed by atoms with E-state index in [0.717, 1.165) is 13.1 Å². The Hall–Kier alpha value is -1.24. The predicted octanol–water partition coefficient (Wildman–Crippen LogP) is 2.82. The topological polar surface area (TPSA) is 3.01 Å². The molecule has 74 valence electrons. The van der Waals surface area contributed by atoms with Crippen LogP contribution in [0, 0.1) is 13.3 Å². The number of aryl methyl sites for hydroxylation is 1. The summed E-state index contributed by atoms with van der Waals surface area (Å²) in [4.78, 5) is 0. The second-order valence-electron chi connectivity index (χ2n) is 3.58. The molecule has 0 saturated carbocycles. The van der Waals surface area contributed by atoms with E-state index in [1.165, 1.54) is 11.1 Å². The van der Waals surface area contributed by atoms with E-state index in [4.69, 9.17) is 0 Å². The summed E-state index contributed by atoms with van der Waals surface area (Å²) in [6.45, 7) is 8.31. The molecule has 0 spiro atoms. The highest BCUT2D eigenvalue weighted by atomic mass is 15.0. The Labute approximate surface area is 87.1 Å². The number of hydrogen-bond donors (Lipinski definition) is 0. The van der Waals surface area contributed by atoms with E-state index in [0.29, 0.717) is 0 Å². The molecule has 1 nitrogen and oxygen atoms in total. The van der Waals surface area contributed by atoms with Gasteiger partial charge in [0.1, 0.15) is 12.6 Å². The first kappa shape index (κ1) is 10.8. The summed E-state index contributed by atoms with van der Waals surface area (Å²) in [6, 6.07) is 8.72. The van der Waals surface area contributed by atoms with Gasteiger partial charge in [-0.2, -0.15) is 4.58 Å². The Morgan fingerprint density at radius 2 is 1.93 bits per heavy atom. The van der Waals surface area contributed by atoms with E-state index < -0.39 is 0 Å². The van der Waals surface area contributed by atoms with Gasteiger partial charge in [-0.1, -0.05) is 29.8 Å². The van der Waals surface area contributed by atoms with E-state index in [1.54, 1.807) is 0 Å². The fourth-order valence-electron chi connectivity index (χ4n) is 1.42. The third kappa shape index (κ3) is 3.25. The summed E-state index contributed by atoms with van der Waals surface area (Å²) in [5, 5.41) is 0. The molecule has 0 aliphatic heterocycles. The molecule has 0 unspecified atom stereocenters. The van der Waals surface area contributed by atoms with Crippen molar-refractivity contribution in [3.05, 3.63) is 41.8 Å². The van der Waals surface area contributed by atoms with Crippen molar-refractivity contribution in [1.29, 1.82) is 0 Å². The molecule has 0 aliphatic carbocycles. The van der Waals surface area contributed by atoms with Crippen LogP contribution in [-0.4, -0.2) is 17.3 Å². The van der Waals surface area contributed by atoms with Crippen molar-refractivity contribution in [1.82, 2.24) is 0 Å². The van der Waals surface area contributed by atoms with Crippen LogP contribution in [0.1, 0.15) is 25.0 Å². The van der Waals surface area contributed by atoms with Gasteiger partial charge in [0, 0.05) is 12.5 Å². The first-order valence-corrected chi connectivity index (χ1v) is 5.13. The molecule has 1 aromatic rings. The Kier molecular flexibility index (Phi) is 4.24. The van der Waals surface area contributed by atoms with Crippen LogP contribution >= 0.6 is 0 Å². The van der Waals surface area contributed by atoms with Gasteiger partial charge in [-0.25, -0.2) is 0 Å². The second kappa shape index (κ2) is 5.48. The Balaban J connectivity index is 2.63. The lowest BCUT2D eigenvalue weighted by Gasteiger charge is -1.99. The maximum absolute atomic E-state index is 2.30. The molecule has 0 heterocycles. The fraction of sp³-hybridized carbons (Fsp3) is 0.385. The van der Waals surface area contributed by atoms with E-state index in [1.807, 2.05) is 0 Å². The molecule has 0 amide bonds. The minimum atomic E-state index is 1.00. The predicted molar refractivity (Wildman–Crippen MR) is 61.7 cm³/mol. The van der Waals surface area contributed by atoms with Gasteiger partial charge >= 0.3 is 0 Å². The van der Waals surface area contributed by atoms with Gasteiger partial charge in [-0.05, 0) is 6.92 Å². The van der Waals surface area contributed by atoms with E-state index in [2.05, 4.69) is 62.2 Å². The first-order chi connectivity index (χ1) is 6.76. The average molecular weight is 189 g/mol. The van der Waals surface area contributed by atoms with Crippen LogP contribution in [0.15, 0.2) is 24.3 Å². The highest BCUT2D eigenvalue weighted by Gasteiger charge is 2.06. The van der Waals surface area contributed by atoms with Gasteiger partial charge < -0.3 is 0 Å². The van der Waals surface area contributed by atoms with Crippen LogP contribution in [0.4, 0.5) is 0 Å². The average Bonchev–Trinajstić information content (AvgIpc) is 2.20. The van der Waals surface area contributed by atoms with Crippen molar-refractivity contribution in [2.45, 2.75) is 27.3 Å². The Morgan fingerprint density at radius 3 is 2.43 bits per heavy atom. The molecule has 1 aromatic carbocycles. The highest BCUT2D eigenvalue weighted by Crippen LogP contribution is 2.04. The smallest absolute Gasteiger partial charge is 0.196 e. The molecule has 0 N–H and O–H groups in total. The number of benzene rings is 1. The van der Waals surface area contributed by atoms with Crippen LogP contribution in [0.3, 0.4) is 0 Å². The molecular weight excluding hydrogens is 170 g/mol. The third-order valence-corrected chi connectivity index (χ3v) is 2.29. The standard InChI is InChI=1S/C13H19N/c1-4-10-14(5-2)11-13-8-6-12(3)7-9-13/h4-9H,10-11H2,1-3H3/q+2. The lowest BCUT2D eigenvalue weighted by Crippen LogP contribution is -2.13. The van der Waals surface area contributed by atoms with Gasteiger partial charge in [0.2, 0.25) is 0 Å². The van der Waals surface area contributed by atoms with Crippen LogP contribution in [0.25, 0.3) is 0 Å². The van der Waals surface area contributed by atoms with Crippen molar-refractivity contribution >= 4 is 6.21 Å². The zero-order valence-electron chi connectivity index (χ0n) is 9.33. The van der Waals surface area contributed by atoms with Gasteiger partial charge in [0.05, 0.1) is 6.92 Å². The summed E-state index contributed by atoms with van der Waals surface area (Å²) >= 11 is 0. The molecule has 0 saturated heterocycles. The SMILES string of the molecule is CC=[N+](C[CH+]C)Cc1ccc(C)cc1. The van der Waals surface area contributed by atoms with Crippen molar-refractivity contribution < 1.29 is 4.58 Å². The van der Waals surface area contributed by atoms with E-state index >= 15 is 0 Å². The van der Waals surface area contributed by atoms with Crippen LogP contribution < -0.4 is 0 Å². The molecule has 0 bridgehead atoms. The monoisotopic (exact) mass is 189 g/mol. The first-order valence-electron chi connectivity index (χ1n) is 5.13. The summed E-state index contributed by atoms with van der Waals surface area (Å²) < 4.78 is 2.30. The van der Waals surface area contributed by atoms with Gasteiger partial charge in [0.25, 0.3) is 6.54 Å². The zero-order valence-corrected chi connectivity index (χ0v) is 9.33. The minimum Gasteiger partial charge on any atom is -0.196 e. The third-order valence-electron chi connectivity index (χ3n) is 2.29. The minimum absolute atomic E-state index is 1.00. The lowest BCUT2D eigenvalue weighted by atomic mass is 10.1. The Bertz CT molecular complexity index is 296. The molecule has 0 aromatic heterocycles. The van der Waals surface area contributed by atoms with Crippen molar-refractivity contribution in [2.75, 3.05) is 6.54 Å². The maximum Gasteiger partial charge on any atom is 0.273 e. The van der Waals surface area contributed by atoms with E-state index in [9.17, 15) is 0 Å². The fourth-order valence-corrected chi connectivity index (χ4v) is 1.42. The second-order valence-corrected chi connectivity index (χ2v) is 3.58. The van der Waals surface area contributed by atoms with Crippen LogP contribution in [0.5, 0.6) is 0 Å². The van der Waals surface area contributed by atoms with Gasteiger partial charge in [-0.3, -0.25) is 0 Å². The highest BCUT2D eigenvalue weighted by molar-refractivity contribution is 5.46. The molecule has 0 atom stereocenters. The largest absolute Gasteiger partial charge is 0.273 e. The summed E-state index contributed by atoms with van der Waals surface area (Å²) in [7, 11) is 0. The van der Waals surface area contributed by atoms with Crippen molar-refractivity contribution in [3.8, 4) is 0 Å². The number of rotatable bonds is 4. The molecular formula is C13H19N+2. The van der Waals surface area contributed by atoms with Crippen molar-refractivity contribution in [2.24, 2.45) is 0 Å². The van der Waals surface area contributed by atoms with Gasteiger partial charge in [-0.15, -0.1) is 0 Å². The van der Waals surface area contributed by atoms with Gasteiger partial charge in [0.15, 0.2) is 6.54 Å².